The molecule has 0 aliphatic heterocycles. The quantitative estimate of drug-likeness (QED) is 0.419. The van der Waals surface area contributed by atoms with Gasteiger partial charge in [0.15, 0.2) is 0 Å². The van der Waals surface area contributed by atoms with Crippen molar-refractivity contribution in [1.82, 2.24) is 0 Å². The topological polar surface area (TPSA) is 9.23 Å². The van der Waals surface area contributed by atoms with Crippen LogP contribution in [-0.4, -0.2) is 8.32 Å². The Hall–Kier alpha value is -1.54. The van der Waals surface area contributed by atoms with E-state index in [2.05, 4.69) is 77.2 Å². The molecular formula is C19H24OSi. The second-order valence-corrected chi connectivity index (χ2v) is 12.3. The van der Waals surface area contributed by atoms with Gasteiger partial charge in [0.05, 0.1) is 5.76 Å². The molecule has 1 aliphatic rings. The minimum Gasteiger partial charge on any atom is -0.546 e. The molecule has 0 N–H and O–H groups in total. The first kappa shape index (κ1) is 14.4. The predicted molar refractivity (Wildman–Crippen MR) is 93.9 cm³/mol. The van der Waals surface area contributed by atoms with Crippen LogP contribution in [0.2, 0.25) is 18.1 Å². The van der Waals surface area contributed by atoms with Crippen molar-refractivity contribution in [3.05, 3.63) is 53.3 Å². The zero-order valence-corrected chi connectivity index (χ0v) is 14.9. The van der Waals surface area contributed by atoms with E-state index in [1.807, 2.05) is 0 Å². The third-order valence-corrected chi connectivity index (χ3v) is 9.36. The Balaban J connectivity index is 1.95. The smallest absolute Gasteiger partial charge is 0.250 e. The van der Waals surface area contributed by atoms with Gasteiger partial charge in [-0.25, -0.2) is 0 Å². The Morgan fingerprint density at radius 3 is 1.86 bits per heavy atom. The van der Waals surface area contributed by atoms with Crippen LogP contribution in [0.4, 0.5) is 0 Å². The van der Waals surface area contributed by atoms with Crippen LogP contribution in [0.3, 0.4) is 0 Å². The maximum absolute atomic E-state index is 6.45. The molecule has 2 heteroatoms. The van der Waals surface area contributed by atoms with Crippen molar-refractivity contribution < 1.29 is 4.43 Å². The van der Waals surface area contributed by atoms with E-state index in [0.29, 0.717) is 0 Å². The highest BCUT2D eigenvalue weighted by Gasteiger charge is 2.40. The summed E-state index contributed by atoms with van der Waals surface area (Å²) < 4.78 is 6.45. The van der Waals surface area contributed by atoms with E-state index in [9.17, 15) is 0 Å². The Labute approximate surface area is 128 Å². The van der Waals surface area contributed by atoms with E-state index in [4.69, 9.17) is 4.43 Å². The summed E-state index contributed by atoms with van der Waals surface area (Å²) in [6.45, 7) is 13.6. The third-order valence-electron chi connectivity index (χ3n) is 4.93. The average molecular weight is 296 g/mol. The number of rotatable bonds is 2. The van der Waals surface area contributed by atoms with Gasteiger partial charge in [0.2, 0.25) is 8.32 Å². The molecule has 2 aromatic rings. The molecule has 3 rings (SSSR count). The van der Waals surface area contributed by atoms with E-state index >= 15 is 0 Å². The van der Waals surface area contributed by atoms with Gasteiger partial charge in [0.25, 0.3) is 0 Å². The van der Waals surface area contributed by atoms with Gasteiger partial charge < -0.3 is 4.43 Å². The van der Waals surface area contributed by atoms with Crippen LogP contribution in [0, 0.1) is 0 Å². The lowest BCUT2D eigenvalue weighted by molar-refractivity contribution is 0.389. The summed E-state index contributed by atoms with van der Waals surface area (Å²) in [5, 5.41) is 2.86. The van der Waals surface area contributed by atoms with Gasteiger partial charge in [-0.05, 0) is 59.1 Å². The summed E-state index contributed by atoms with van der Waals surface area (Å²) in [6.07, 6.45) is 0. The van der Waals surface area contributed by atoms with Crippen LogP contribution < -0.4 is 0 Å². The molecule has 1 nitrogen and oxygen atoms in total. The van der Waals surface area contributed by atoms with Gasteiger partial charge in [-0.15, -0.1) is 0 Å². The van der Waals surface area contributed by atoms with Crippen LogP contribution in [0.25, 0.3) is 16.3 Å². The van der Waals surface area contributed by atoms with Crippen molar-refractivity contribution in [3.63, 3.8) is 0 Å². The molecule has 0 spiro atoms. The van der Waals surface area contributed by atoms with Crippen LogP contribution in [0.15, 0.2) is 42.2 Å². The molecule has 0 unspecified atom stereocenters. The molecule has 0 radical (unpaired) electrons. The first-order valence-corrected chi connectivity index (χ1v) is 10.5. The lowest BCUT2D eigenvalue weighted by Gasteiger charge is -2.36. The maximum Gasteiger partial charge on any atom is 0.250 e. The van der Waals surface area contributed by atoms with Crippen molar-refractivity contribution in [2.75, 3.05) is 0 Å². The molecule has 0 bridgehead atoms. The molecule has 21 heavy (non-hydrogen) atoms. The van der Waals surface area contributed by atoms with E-state index in [0.717, 1.165) is 5.76 Å². The monoisotopic (exact) mass is 296 g/mol. The second-order valence-electron chi connectivity index (χ2n) is 7.54. The third kappa shape index (κ3) is 2.42. The predicted octanol–water partition coefficient (Wildman–Crippen LogP) is 5.95. The van der Waals surface area contributed by atoms with E-state index in [-0.39, 0.29) is 5.04 Å². The Bertz CT molecular complexity index is 703. The summed E-state index contributed by atoms with van der Waals surface area (Å²) in [5.41, 5.74) is 4.06. The van der Waals surface area contributed by atoms with E-state index < -0.39 is 8.32 Å². The summed E-state index contributed by atoms with van der Waals surface area (Å²) >= 11 is 0. The van der Waals surface area contributed by atoms with Crippen LogP contribution in [-0.2, 0) is 4.43 Å². The molecule has 0 saturated heterocycles. The molecule has 0 amide bonds. The minimum absolute atomic E-state index is 0.237. The lowest BCUT2D eigenvalue weighted by Crippen LogP contribution is -2.40. The fourth-order valence-corrected chi connectivity index (χ4v) is 3.74. The standard InChI is InChI=1S/C19H24OSi/c1-13(20-21(5,6)19(2,3)4)18-16-11-14-9-7-8-10-15(14)12-17(16)18/h7-12H,1-6H3. The summed E-state index contributed by atoms with van der Waals surface area (Å²) in [6, 6.07) is 13.1. The molecule has 0 atom stereocenters. The molecular weight excluding hydrogens is 272 g/mol. The Morgan fingerprint density at radius 2 is 1.43 bits per heavy atom. The van der Waals surface area contributed by atoms with E-state index in [1.54, 1.807) is 0 Å². The van der Waals surface area contributed by atoms with Crippen molar-refractivity contribution in [1.29, 1.82) is 0 Å². The number of benzene rings is 2. The molecule has 0 aromatic heterocycles. The molecule has 1 aliphatic carbocycles. The van der Waals surface area contributed by atoms with Crippen LogP contribution in [0.1, 0.15) is 38.8 Å². The highest BCUT2D eigenvalue weighted by molar-refractivity contribution is 6.74. The maximum atomic E-state index is 6.45. The summed E-state index contributed by atoms with van der Waals surface area (Å²) in [5.74, 6) is 1.10. The molecule has 2 aromatic carbocycles. The van der Waals surface area contributed by atoms with Gasteiger partial charge in [-0.1, -0.05) is 45.0 Å². The molecule has 0 heterocycles. The van der Waals surface area contributed by atoms with Gasteiger partial charge in [-0.2, -0.15) is 0 Å². The van der Waals surface area contributed by atoms with Gasteiger partial charge >= 0.3 is 0 Å². The number of fused-ring (bicyclic) bond motifs is 2. The normalized spacial score (nSPS) is 14.1. The van der Waals surface area contributed by atoms with Gasteiger partial charge in [-0.3, -0.25) is 0 Å². The molecule has 0 fully saturated rings. The number of hydrogen-bond acceptors (Lipinski definition) is 1. The fraction of sp³-hybridized carbons (Fsp3) is 0.368. The van der Waals surface area contributed by atoms with Crippen molar-refractivity contribution in [3.8, 4) is 0 Å². The lowest BCUT2D eigenvalue weighted by atomic mass is 10.1. The number of hydrogen-bond donors (Lipinski definition) is 0. The largest absolute Gasteiger partial charge is 0.546 e. The van der Waals surface area contributed by atoms with E-state index in [1.165, 1.54) is 27.5 Å². The SMILES string of the molecule is CC(O[Si](C)(C)C(C)(C)C)=C1c2cc3ccccc3cc21. The fourth-order valence-electron chi connectivity index (χ4n) is 2.57. The van der Waals surface area contributed by atoms with Crippen molar-refractivity contribution in [2.45, 2.75) is 45.8 Å². The zero-order chi connectivity index (χ0) is 15.4. The first-order valence-electron chi connectivity index (χ1n) is 7.64. The Morgan fingerprint density at radius 1 is 0.952 bits per heavy atom. The van der Waals surface area contributed by atoms with Gasteiger partial charge in [0, 0.05) is 5.57 Å². The van der Waals surface area contributed by atoms with Crippen LogP contribution >= 0.6 is 0 Å². The molecule has 110 valence electrons. The van der Waals surface area contributed by atoms with Crippen molar-refractivity contribution >= 4 is 24.7 Å². The highest BCUT2D eigenvalue weighted by Crippen LogP contribution is 2.48. The van der Waals surface area contributed by atoms with Gasteiger partial charge in [0.1, 0.15) is 0 Å². The average Bonchev–Trinajstić information content (AvgIpc) is 3.06. The molecule has 0 saturated carbocycles. The second kappa shape index (κ2) is 4.47. The summed E-state index contributed by atoms with van der Waals surface area (Å²) in [7, 11) is -1.75. The van der Waals surface area contributed by atoms with Crippen LogP contribution in [0.5, 0.6) is 0 Å². The Kier molecular flexibility index (Phi) is 3.07. The van der Waals surface area contributed by atoms with Crippen molar-refractivity contribution in [2.24, 2.45) is 0 Å². The highest BCUT2D eigenvalue weighted by atomic mass is 28.4. The number of allylic oxidation sites excluding steroid dienone is 1. The summed E-state index contributed by atoms with van der Waals surface area (Å²) in [4.78, 5) is 0. The first-order chi connectivity index (χ1) is 9.71. The minimum atomic E-state index is -1.75. The zero-order valence-electron chi connectivity index (χ0n) is 13.9.